The Balaban J connectivity index is 4.54. The van der Waals surface area contributed by atoms with Crippen molar-refractivity contribution < 1.29 is 75.8 Å². The number of esters is 3. The lowest BCUT2D eigenvalue weighted by Crippen LogP contribution is -2.30. The maximum Gasteiger partial charge on any atom is 0.472 e. The number of unbranched alkanes of at least 4 members (excludes halogenated alkanes) is 35. The molecule has 4 N–H and O–H groups in total. The number of hydrogen-bond donors (Lipinski definition) is 4. The number of rotatable bonds is 84. The van der Waals surface area contributed by atoms with E-state index in [4.69, 9.17) is 32.3 Å². The highest BCUT2D eigenvalue weighted by Crippen LogP contribution is 2.45. The Labute approximate surface area is 689 Å². The number of aliphatic hydroxyl groups is 2. The first-order valence-electron chi connectivity index (χ1n) is 44.8. The summed E-state index contributed by atoms with van der Waals surface area (Å²) in [4.78, 5) is 58.9. The van der Waals surface area contributed by atoms with E-state index >= 15 is 0 Å². The standard InChI is InChI=1S/C95H162O16P2/c1-4-7-10-13-16-19-22-25-28-31-34-36-38-40-41-42-43-44-45-46-47-49-51-52-55-57-60-63-66-69-72-75-78-81-93(98)105-84-90(96)85-107-112(101,102)108-86-91(97)87-109-113(103,104)110-89-92(111-95(100)83-80-77-74-71-68-65-62-59-54-33-30-27-24-21-18-15-12-9-6-3)88-106-94(99)82-79-76-73-70-67-64-61-58-56-53-50-48-39-37-35-32-29-26-23-20-17-14-11-8-5-2/h8-9,11-12,16-21,25-30,34-37,40-41,48,50,54,59,90-92,96-97H,4-7,10,13-15,22-24,31-33,38-39,42-47,49,51-53,55-58,60-89H2,1-3H3,(H,101,102)(H,103,104)/b11-8-,12-9-,19-16-,20-17-,21-18-,28-25-,29-26-,30-27-,36-34-,37-35-,41-40-,50-48-,59-54-. The van der Waals surface area contributed by atoms with Crippen LogP contribution in [0.25, 0.3) is 0 Å². The number of ether oxygens (including phenoxy) is 3. The molecule has 0 saturated heterocycles. The first-order chi connectivity index (χ1) is 55.2. The fourth-order valence-corrected chi connectivity index (χ4v) is 13.6. The molecular weight excluding hydrogens is 1460 g/mol. The molecule has 0 heterocycles. The lowest BCUT2D eigenvalue weighted by molar-refractivity contribution is -0.161. The average Bonchev–Trinajstić information content (AvgIpc) is 0.913. The van der Waals surface area contributed by atoms with E-state index in [0.29, 0.717) is 19.3 Å². The van der Waals surface area contributed by atoms with E-state index in [0.717, 1.165) is 167 Å². The first kappa shape index (κ1) is 108. The quantitative estimate of drug-likeness (QED) is 0.0146. The molecule has 0 aromatic heterocycles. The van der Waals surface area contributed by atoms with E-state index in [9.17, 15) is 43.5 Å². The minimum absolute atomic E-state index is 0.0829. The van der Waals surface area contributed by atoms with E-state index in [2.05, 4.69) is 179 Å². The zero-order chi connectivity index (χ0) is 82.2. The Hall–Kier alpha value is -4.83. The summed E-state index contributed by atoms with van der Waals surface area (Å²) in [6, 6.07) is 0. The van der Waals surface area contributed by atoms with Crippen molar-refractivity contribution in [1.29, 1.82) is 0 Å². The van der Waals surface area contributed by atoms with Gasteiger partial charge in [0, 0.05) is 19.3 Å². The molecule has 0 radical (unpaired) electrons. The SMILES string of the molecule is CC/C=C\C/C=C\C/C=C\C/C=C\C/C=C\CCCCCCCCCCCC(=O)OCC(COP(=O)(O)OCC(O)COP(=O)(O)OCC(O)COC(=O)CCCCCCCCCCCCCCCCCCC/C=C\C/C=C\C/C=C\C/C=C\CCCCC)OC(=O)CCCCCCCC/C=C\C/C=C\C/C=C\C/C=C\CC. The molecule has 0 aromatic carbocycles. The third kappa shape index (κ3) is 87.8. The topological polar surface area (TPSA) is 231 Å². The summed E-state index contributed by atoms with van der Waals surface area (Å²) in [6.07, 6.45) is 110. The van der Waals surface area contributed by atoms with Crippen LogP contribution in [0.3, 0.4) is 0 Å². The zero-order valence-electron chi connectivity index (χ0n) is 71.3. The summed E-state index contributed by atoms with van der Waals surface area (Å²) in [5.41, 5.74) is 0. The van der Waals surface area contributed by atoms with Gasteiger partial charge < -0.3 is 34.2 Å². The van der Waals surface area contributed by atoms with Crippen LogP contribution in [0.4, 0.5) is 0 Å². The van der Waals surface area contributed by atoms with Gasteiger partial charge in [0.25, 0.3) is 0 Å². The summed E-state index contributed by atoms with van der Waals surface area (Å²) in [5.74, 6) is -1.59. The van der Waals surface area contributed by atoms with E-state index in [1.807, 2.05) is 0 Å². The Morgan fingerprint density at radius 3 is 0.743 bits per heavy atom. The van der Waals surface area contributed by atoms with Crippen LogP contribution >= 0.6 is 15.6 Å². The molecule has 0 amide bonds. The first-order valence-corrected chi connectivity index (χ1v) is 47.8. The minimum Gasteiger partial charge on any atom is -0.463 e. The van der Waals surface area contributed by atoms with E-state index in [1.54, 1.807) is 0 Å². The molecule has 0 aliphatic carbocycles. The third-order valence-corrected chi connectivity index (χ3v) is 20.6. The number of aliphatic hydroxyl groups excluding tert-OH is 2. The van der Waals surface area contributed by atoms with Gasteiger partial charge in [-0.15, -0.1) is 0 Å². The van der Waals surface area contributed by atoms with E-state index in [-0.39, 0.29) is 19.3 Å². The van der Waals surface area contributed by atoms with Gasteiger partial charge in [0.05, 0.1) is 26.4 Å². The maximum atomic E-state index is 13.0. The second kappa shape index (κ2) is 86.5. The molecule has 16 nitrogen and oxygen atoms in total. The molecule has 0 aliphatic rings. The van der Waals surface area contributed by atoms with Gasteiger partial charge in [-0.25, -0.2) is 9.13 Å². The van der Waals surface area contributed by atoms with Gasteiger partial charge in [0.1, 0.15) is 25.4 Å². The average molecular weight is 1620 g/mol. The van der Waals surface area contributed by atoms with Crippen LogP contribution in [0.15, 0.2) is 158 Å². The highest BCUT2D eigenvalue weighted by Gasteiger charge is 2.29. The maximum absolute atomic E-state index is 13.0. The fourth-order valence-electron chi connectivity index (χ4n) is 12.0. The Morgan fingerprint density at radius 1 is 0.257 bits per heavy atom. The highest BCUT2D eigenvalue weighted by atomic mass is 31.2. The fraction of sp³-hybridized carbons (Fsp3) is 0.695. The number of carbonyl (C=O) groups excluding carboxylic acids is 3. The molecule has 0 bridgehead atoms. The smallest absolute Gasteiger partial charge is 0.463 e. The third-order valence-electron chi connectivity index (χ3n) is 18.7. The highest BCUT2D eigenvalue weighted by molar-refractivity contribution is 7.47. The van der Waals surface area contributed by atoms with Crippen molar-refractivity contribution in [3.05, 3.63) is 158 Å². The molecule has 5 atom stereocenters. The van der Waals surface area contributed by atoms with Crippen LogP contribution in [0.2, 0.25) is 0 Å². The second-order valence-corrected chi connectivity index (χ2v) is 32.5. The Kier molecular flexibility index (Phi) is 82.8. The van der Waals surface area contributed by atoms with Crippen molar-refractivity contribution in [2.45, 2.75) is 386 Å². The molecule has 0 aromatic rings. The van der Waals surface area contributed by atoms with Crippen LogP contribution in [0.1, 0.15) is 367 Å². The monoisotopic (exact) mass is 1620 g/mol. The van der Waals surface area contributed by atoms with Crippen LogP contribution in [-0.4, -0.2) is 95.9 Å². The summed E-state index contributed by atoms with van der Waals surface area (Å²) < 4.78 is 61.4. The van der Waals surface area contributed by atoms with E-state index in [1.165, 1.54) is 141 Å². The molecule has 5 unspecified atom stereocenters. The molecule has 0 spiro atoms. The molecule has 648 valence electrons. The van der Waals surface area contributed by atoms with Crippen LogP contribution in [0.5, 0.6) is 0 Å². The lowest BCUT2D eigenvalue weighted by Gasteiger charge is -2.21. The normalized spacial score (nSPS) is 14.6. The van der Waals surface area contributed by atoms with Gasteiger partial charge in [0.2, 0.25) is 0 Å². The van der Waals surface area contributed by atoms with Crippen LogP contribution in [0, 0.1) is 0 Å². The number of carbonyl (C=O) groups is 3. The number of hydrogen-bond acceptors (Lipinski definition) is 14. The Morgan fingerprint density at radius 2 is 0.469 bits per heavy atom. The Bertz CT molecular complexity index is 2680. The van der Waals surface area contributed by atoms with Gasteiger partial charge in [0.15, 0.2) is 6.10 Å². The largest absolute Gasteiger partial charge is 0.472 e. The zero-order valence-corrected chi connectivity index (χ0v) is 73.0. The summed E-state index contributed by atoms with van der Waals surface area (Å²) in [6.45, 7) is 2.44. The number of phosphoric ester groups is 2. The number of phosphoric acid groups is 2. The molecule has 0 aliphatic heterocycles. The van der Waals surface area contributed by atoms with Crippen LogP contribution in [-0.2, 0) is 55.8 Å². The van der Waals surface area contributed by atoms with Gasteiger partial charge in [-0.05, 0) is 148 Å². The minimum atomic E-state index is -4.95. The van der Waals surface area contributed by atoms with Crippen LogP contribution < -0.4 is 0 Å². The molecule has 0 rings (SSSR count). The van der Waals surface area contributed by atoms with Crippen molar-refractivity contribution in [1.82, 2.24) is 0 Å². The second-order valence-electron chi connectivity index (χ2n) is 29.6. The van der Waals surface area contributed by atoms with Gasteiger partial charge in [-0.1, -0.05) is 359 Å². The lowest BCUT2D eigenvalue weighted by atomic mass is 10.0. The number of allylic oxidation sites excluding steroid dienone is 26. The van der Waals surface area contributed by atoms with Gasteiger partial charge in [-0.2, -0.15) is 0 Å². The predicted octanol–water partition coefficient (Wildman–Crippen LogP) is 27.3. The molecule has 0 fully saturated rings. The van der Waals surface area contributed by atoms with Gasteiger partial charge in [-0.3, -0.25) is 32.5 Å². The summed E-state index contributed by atoms with van der Waals surface area (Å²) in [5, 5.41) is 20.7. The van der Waals surface area contributed by atoms with Gasteiger partial charge >= 0.3 is 33.6 Å². The molecular formula is C95H162O16P2. The van der Waals surface area contributed by atoms with E-state index < -0.39 is 91.5 Å². The summed E-state index contributed by atoms with van der Waals surface area (Å²) >= 11 is 0. The van der Waals surface area contributed by atoms with Crippen molar-refractivity contribution in [2.75, 3.05) is 39.6 Å². The molecule has 0 saturated carbocycles. The van der Waals surface area contributed by atoms with Crippen molar-refractivity contribution in [3.63, 3.8) is 0 Å². The van der Waals surface area contributed by atoms with Crippen molar-refractivity contribution in [3.8, 4) is 0 Å². The summed E-state index contributed by atoms with van der Waals surface area (Å²) in [7, 11) is -9.81. The van der Waals surface area contributed by atoms with Crippen molar-refractivity contribution >= 4 is 33.6 Å². The predicted molar refractivity (Wildman–Crippen MR) is 472 cm³/mol. The van der Waals surface area contributed by atoms with Crippen molar-refractivity contribution in [2.24, 2.45) is 0 Å². The molecule has 113 heavy (non-hydrogen) atoms. The molecule has 18 heteroatoms.